The maximum Gasteiger partial charge on any atom is 0.426 e. The molecule has 6 N–H and O–H groups in total. The molecule has 2 fully saturated rings. The Kier molecular flexibility index (Phi) is 20.1. The molecular formula is C44H59Cl2F4N9O9S. The van der Waals surface area contributed by atoms with E-state index in [1.807, 2.05) is 0 Å². The lowest BCUT2D eigenvalue weighted by Gasteiger charge is -2.35. The monoisotopic (exact) mass is 1040 g/mol. The third-order valence-corrected chi connectivity index (χ3v) is 13.1. The molecule has 8 amide bonds. The number of rotatable bonds is 14. The Morgan fingerprint density at radius 2 is 1.75 bits per heavy atom. The fourth-order valence-electron chi connectivity index (χ4n) is 7.88. The molecule has 18 nitrogen and oxygen atoms in total. The summed E-state index contributed by atoms with van der Waals surface area (Å²) in [5.74, 6) is -7.66. The van der Waals surface area contributed by atoms with E-state index in [1.165, 1.54) is 55.4 Å². The molecule has 1 aromatic carbocycles. The van der Waals surface area contributed by atoms with Gasteiger partial charge in [0.1, 0.15) is 48.1 Å². The zero-order chi connectivity index (χ0) is 51.5. The Morgan fingerprint density at radius 3 is 2.39 bits per heavy atom. The molecule has 0 spiro atoms. The zero-order valence-electron chi connectivity index (χ0n) is 39.0. The lowest BCUT2D eigenvalue weighted by molar-refractivity contribution is -0.250. The largest absolute Gasteiger partial charge is 0.426 e. The first kappa shape index (κ1) is 56.5. The average Bonchev–Trinajstić information content (AvgIpc) is 3.97. The molecule has 2 saturated heterocycles. The molecule has 0 saturated carbocycles. The van der Waals surface area contributed by atoms with Crippen molar-refractivity contribution in [3.05, 3.63) is 50.4 Å². The summed E-state index contributed by atoms with van der Waals surface area (Å²) >= 11 is 13.9. The number of benzene rings is 1. The lowest BCUT2D eigenvalue weighted by atomic mass is 9.98. The number of carbonyl (C=O) groups excluding carboxylic acids is 8. The number of amides is 8. The van der Waals surface area contributed by atoms with Gasteiger partial charge in [0.15, 0.2) is 0 Å². The molecule has 2 aliphatic heterocycles. The van der Waals surface area contributed by atoms with Gasteiger partial charge in [-0.1, -0.05) is 37.0 Å². The molecule has 8 atom stereocenters. The Balaban J connectivity index is 1.68. The second kappa shape index (κ2) is 24.6. The summed E-state index contributed by atoms with van der Waals surface area (Å²) in [5.41, 5.74) is -2.02. The summed E-state index contributed by atoms with van der Waals surface area (Å²) in [7, 11) is 2.61. The molecular weight excluding hydrogens is 978 g/mol. The van der Waals surface area contributed by atoms with E-state index in [1.54, 1.807) is 19.9 Å². The molecule has 0 radical (unpaired) electrons. The van der Waals surface area contributed by atoms with E-state index >= 15 is 0 Å². The molecule has 0 unspecified atom stereocenters. The minimum Gasteiger partial charge on any atom is -0.373 e. The van der Waals surface area contributed by atoms with Gasteiger partial charge in [-0.15, -0.1) is 11.3 Å². The molecule has 0 bridgehead atoms. The van der Waals surface area contributed by atoms with E-state index in [-0.39, 0.29) is 86.5 Å². The van der Waals surface area contributed by atoms with E-state index in [2.05, 4.69) is 31.6 Å². The van der Waals surface area contributed by atoms with E-state index in [0.29, 0.717) is 10.6 Å². The Hall–Kier alpha value is -5.13. The SMILES string of the molecule is CC(C)C[C@@H]1NC(=O)[C@@H](N(C)C(=O)[C@H](CCCNC(=O)c2cscn2)NC(=O)[C@@H]2C[C@@H](F)CN2C(=O)[C@](C)(O)C(F)(F)F)CCCCNC(=O)[C@@H](C)NC(=O)[C@H](Cc2cc(Cl)ccc2Cl)N(C)C1=O. The minimum atomic E-state index is -5.49. The van der Waals surface area contributed by atoms with Crippen molar-refractivity contribution in [2.24, 2.45) is 5.92 Å². The summed E-state index contributed by atoms with van der Waals surface area (Å²) in [6.07, 6.45) is -8.17. The van der Waals surface area contributed by atoms with Gasteiger partial charge in [0, 0.05) is 55.5 Å². The average molecular weight is 1040 g/mol. The number of aliphatic hydroxyl groups is 1. The van der Waals surface area contributed by atoms with Crippen molar-refractivity contribution in [2.45, 2.75) is 133 Å². The first-order valence-corrected chi connectivity index (χ1v) is 24.0. The van der Waals surface area contributed by atoms with Gasteiger partial charge in [-0.05, 0) is 82.1 Å². The maximum absolute atomic E-state index is 14.8. The van der Waals surface area contributed by atoms with Crippen LogP contribution in [0.15, 0.2) is 29.1 Å². The third-order valence-electron chi connectivity index (χ3n) is 12.0. The van der Waals surface area contributed by atoms with Gasteiger partial charge >= 0.3 is 6.18 Å². The van der Waals surface area contributed by atoms with Crippen LogP contribution in [0.5, 0.6) is 0 Å². The van der Waals surface area contributed by atoms with Gasteiger partial charge in [0.25, 0.3) is 11.8 Å². The lowest BCUT2D eigenvalue weighted by Crippen LogP contribution is -2.61. The quantitative estimate of drug-likeness (QED) is 0.120. The maximum atomic E-state index is 14.8. The standard InChI is InChI=1S/C44H59Cl2F4N9O9S/c1-23(2)16-30-41(66)58(6)33(18-25-17-26(45)12-13-28(25)46)38(63)54-24(3)35(60)51-14-8-7-11-32(37(62)56-30)57(5)40(65)29(10-9-15-52-36(61)31-21-69-22-53-31)55-39(64)34-19-27(47)20-59(34)42(67)43(4,68)44(48,49)50/h12-13,17,21-24,27,29-30,32-34,68H,7-11,14-16,18-20H2,1-6H3,(H,51,60)(H,52,61)(H,54,63)(H,55,64)(H,56,62)/t24-,27-,29+,30+,32+,33+,34+,43+/m1/s1. The van der Waals surface area contributed by atoms with Crippen molar-refractivity contribution < 1.29 is 61.0 Å². The van der Waals surface area contributed by atoms with Crippen LogP contribution in [0.4, 0.5) is 17.6 Å². The van der Waals surface area contributed by atoms with Crippen LogP contribution in [0.25, 0.3) is 0 Å². The number of aromatic nitrogens is 1. The highest BCUT2D eigenvalue weighted by atomic mass is 35.5. The molecule has 2 aromatic rings. The van der Waals surface area contributed by atoms with E-state index in [0.717, 1.165) is 9.80 Å². The van der Waals surface area contributed by atoms with Crippen LogP contribution in [0.3, 0.4) is 0 Å². The molecule has 382 valence electrons. The fraction of sp³-hybridized carbons (Fsp3) is 0.614. The normalized spacial score (nSPS) is 23.6. The number of likely N-dealkylation sites (tertiary alicyclic amines) is 1. The zero-order valence-corrected chi connectivity index (χ0v) is 41.3. The van der Waals surface area contributed by atoms with Crippen LogP contribution in [0.1, 0.15) is 88.7 Å². The third kappa shape index (κ3) is 14.9. The van der Waals surface area contributed by atoms with Crippen LogP contribution in [0, 0.1) is 5.92 Å². The number of likely N-dealkylation sites (N-methyl/N-ethyl adjacent to an activating group) is 2. The molecule has 25 heteroatoms. The van der Waals surface area contributed by atoms with E-state index in [4.69, 9.17) is 23.2 Å². The number of hydrogen-bond acceptors (Lipinski definition) is 11. The summed E-state index contributed by atoms with van der Waals surface area (Å²) < 4.78 is 56.1. The predicted molar refractivity (Wildman–Crippen MR) is 246 cm³/mol. The molecule has 2 aliphatic rings. The molecule has 0 aliphatic carbocycles. The molecule has 3 heterocycles. The second-order valence-electron chi connectivity index (χ2n) is 17.8. The summed E-state index contributed by atoms with van der Waals surface area (Å²) in [4.78, 5) is 117. The van der Waals surface area contributed by atoms with Gasteiger partial charge in [0.05, 0.1) is 12.1 Å². The van der Waals surface area contributed by atoms with Gasteiger partial charge in [-0.2, -0.15) is 13.2 Å². The predicted octanol–water partition coefficient (Wildman–Crippen LogP) is 2.93. The Bertz CT molecular complexity index is 2190. The van der Waals surface area contributed by atoms with Crippen molar-refractivity contribution in [1.29, 1.82) is 0 Å². The van der Waals surface area contributed by atoms with Crippen molar-refractivity contribution in [1.82, 2.24) is 46.3 Å². The van der Waals surface area contributed by atoms with E-state index in [9.17, 15) is 61.0 Å². The van der Waals surface area contributed by atoms with E-state index < -0.39 is 114 Å². The van der Waals surface area contributed by atoms with Crippen molar-refractivity contribution in [2.75, 3.05) is 33.7 Å². The first-order chi connectivity index (χ1) is 32.2. The molecule has 1 aromatic heterocycles. The van der Waals surface area contributed by atoms with Gasteiger partial charge < -0.3 is 46.4 Å². The highest BCUT2D eigenvalue weighted by Crippen LogP contribution is 2.34. The van der Waals surface area contributed by atoms with Crippen LogP contribution in [0.2, 0.25) is 10.0 Å². The highest BCUT2D eigenvalue weighted by molar-refractivity contribution is 7.07. The second-order valence-corrected chi connectivity index (χ2v) is 19.3. The Morgan fingerprint density at radius 1 is 1.06 bits per heavy atom. The Labute approximate surface area is 410 Å². The van der Waals surface area contributed by atoms with Crippen LogP contribution >= 0.6 is 34.5 Å². The smallest absolute Gasteiger partial charge is 0.373 e. The number of carbonyl (C=O) groups is 8. The van der Waals surface area contributed by atoms with Gasteiger partial charge in [-0.3, -0.25) is 38.4 Å². The first-order valence-electron chi connectivity index (χ1n) is 22.3. The number of hydrogen-bond donors (Lipinski definition) is 6. The summed E-state index contributed by atoms with van der Waals surface area (Å²) in [5, 5.41) is 25.4. The number of halogens is 6. The van der Waals surface area contributed by atoms with Crippen molar-refractivity contribution >= 4 is 81.8 Å². The minimum absolute atomic E-state index is 0.0103. The molecule has 4 rings (SSSR count). The topological polar surface area (TPSA) is 240 Å². The van der Waals surface area contributed by atoms with Crippen LogP contribution < -0.4 is 26.6 Å². The number of alkyl halides is 4. The summed E-state index contributed by atoms with van der Waals surface area (Å²) in [6.45, 7) is 4.28. The fourth-order valence-corrected chi connectivity index (χ4v) is 8.80. The molecule has 69 heavy (non-hydrogen) atoms. The van der Waals surface area contributed by atoms with Gasteiger partial charge in [-0.25, -0.2) is 9.37 Å². The van der Waals surface area contributed by atoms with Crippen LogP contribution in [-0.2, 0) is 40.0 Å². The number of thiazole rings is 1. The van der Waals surface area contributed by atoms with Gasteiger partial charge in [0.2, 0.25) is 41.0 Å². The number of nitrogens with zero attached hydrogens (tertiary/aromatic N) is 4. The highest BCUT2D eigenvalue weighted by Gasteiger charge is 2.59. The van der Waals surface area contributed by atoms with Crippen molar-refractivity contribution in [3.8, 4) is 0 Å². The van der Waals surface area contributed by atoms with Crippen LogP contribution in [-0.4, -0.2) is 160 Å². The van der Waals surface area contributed by atoms with Crippen molar-refractivity contribution in [3.63, 3.8) is 0 Å². The summed E-state index contributed by atoms with van der Waals surface area (Å²) in [6, 6.07) is -3.87. The number of nitrogens with one attached hydrogen (secondary N) is 5.